The zero-order valence-corrected chi connectivity index (χ0v) is 18.5. The maximum Gasteiger partial charge on any atom is 0.230 e. The summed E-state index contributed by atoms with van der Waals surface area (Å²) in [5, 5.41) is 15.2. The van der Waals surface area contributed by atoms with Crippen molar-refractivity contribution >= 4 is 40.6 Å². The van der Waals surface area contributed by atoms with Crippen molar-refractivity contribution in [1.82, 2.24) is 25.1 Å². The lowest BCUT2D eigenvalue weighted by molar-refractivity contribution is -0.118. The first-order valence-electron chi connectivity index (χ1n) is 9.16. The summed E-state index contributed by atoms with van der Waals surface area (Å²) in [5.41, 5.74) is 3.77. The molecule has 0 radical (unpaired) electrons. The molecular weight excluding hydrogens is 438 g/mol. The van der Waals surface area contributed by atoms with Crippen molar-refractivity contribution in [3.05, 3.63) is 76.5 Å². The van der Waals surface area contributed by atoms with Gasteiger partial charge in [0.1, 0.15) is 11.3 Å². The van der Waals surface area contributed by atoms with Crippen LogP contribution in [-0.2, 0) is 11.3 Å². The Labute approximate surface area is 187 Å². The number of thioether (sulfide) groups is 1. The summed E-state index contributed by atoms with van der Waals surface area (Å²) < 4.78 is 1.82. The summed E-state index contributed by atoms with van der Waals surface area (Å²) in [6.07, 6.45) is 1.61. The molecule has 2 heterocycles. The molecule has 9 heteroatoms. The number of nitrogens with zero attached hydrogens (tertiary/aromatic N) is 4. The highest BCUT2D eigenvalue weighted by Crippen LogP contribution is 2.24. The summed E-state index contributed by atoms with van der Waals surface area (Å²) in [6.45, 7) is 2.34. The van der Waals surface area contributed by atoms with Crippen LogP contribution in [0.25, 0.3) is 16.3 Å². The molecule has 30 heavy (non-hydrogen) atoms. The Bertz CT molecular complexity index is 1160. The van der Waals surface area contributed by atoms with E-state index in [2.05, 4.69) is 20.5 Å². The molecule has 4 rings (SSSR count). The highest BCUT2D eigenvalue weighted by atomic mass is 35.5. The fourth-order valence-electron chi connectivity index (χ4n) is 2.70. The van der Waals surface area contributed by atoms with Gasteiger partial charge in [0, 0.05) is 16.0 Å². The van der Waals surface area contributed by atoms with E-state index in [-0.39, 0.29) is 11.7 Å². The fourth-order valence-corrected chi connectivity index (χ4v) is 4.46. The molecular formula is C21H18ClN5OS2. The fraction of sp³-hybridized carbons (Fsp3) is 0.143. The van der Waals surface area contributed by atoms with Crippen LogP contribution in [0, 0.1) is 6.92 Å². The van der Waals surface area contributed by atoms with Crippen molar-refractivity contribution in [2.45, 2.75) is 18.6 Å². The Morgan fingerprint density at radius 3 is 2.87 bits per heavy atom. The zero-order valence-electron chi connectivity index (χ0n) is 16.1. The third kappa shape index (κ3) is 4.89. The maximum atomic E-state index is 12.3. The molecule has 2 aromatic heterocycles. The van der Waals surface area contributed by atoms with E-state index in [0.717, 1.165) is 27.5 Å². The minimum atomic E-state index is -0.0919. The summed E-state index contributed by atoms with van der Waals surface area (Å²) in [5.74, 6) is 0.138. The van der Waals surface area contributed by atoms with E-state index in [4.69, 9.17) is 11.6 Å². The number of rotatable bonds is 7. The molecule has 4 aromatic rings. The van der Waals surface area contributed by atoms with Crippen molar-refractivity contribution in [1.29, 1.82) is 0 Å². The second-order valence-electron chi connectivity index (χ2n) is 6.49. The van der Waals surface area contributed by atoms with E-state index in [1.54, 1.807) is 17.7 Å². The van der Waals surface area contributed by atoms with Gasteiger partial charge < -0.3 is 5.32 Å². The second kappa shape index (κ2) is 9.42. The molecule has 0 saturated carbocycles. The topological polar surface area (TPSA) is 72.7 Å². The van der Waals surface area contributed by atoms with Gasteiger partial charge in [-0.3, -0.25) is 9.36 Å². The number of halogens is 1. The van der Waals surface area contributed by atoms with Crippen LogP contribution >= 0.6 is 34.7 Å². The lowest BCUT2D eigenvalue weighted by Gasteiger charge is -2.08. The van der Waals surface area contributed by atoms with Crippen LogP contribution in [0.5, 0.6) is 0 Å². The third-order valence-electron chi connectivity index (χ3n) is 4.32. The average molecular weight is 456 g/mol. The van der Waals surface area contributed by atoms with Crippen LogP contribution in [0.15, 0.2) is 65.4 Å². The Balaban J connectivity index is 1.32. The molecule has 0 aliphatic rings. The number of benzene rings is 2. The van der Waals surface area contributed by atoms with Crippen LogP contribution in [0.3, 0.4) is 0 Å². The minimum Gasteiger partial charge on any atom is -0.350 e. The average Bonchev–Trinajstić information content (AvgIpc) is 3.43. The first-order valence-corrected chi connectivity index (χ1v) is 11.4. The van der Waals surface area contributed by atoms with Gasteiger partial charge in [0.15, 0.2) is 5.16 Å². The number of hydrogen-bond donors (Lipinski definition) is 1. The molecule has 1 N–H and O–H groups in total. The monoisotopic (exact) mass is 455 g/mol. The summed E-state index contributed by atoms with van der Waals surface area (Å²) in [7, 11) is 0. The highest BCUT2D eigenvalue weighted by molar-refractivity contribution is 7.99. The summed E-state index contributed by atoms with van der Waals surface area (Å²) in [6, 6.07) is 15.7. The number of aromatic nitrogens is 4. The normalized spacial score (nSPS) is 10.9. The molecule has 0 bridgehead atoms. The van der Waals surface area contributed by atoms with E-state index in [9.17, 15) is 4.79 Å². The molecule has 0 spiro atoms. The molecule has 1 amide bonds. The van der Waals surface area contributed by atoms with Gasteiger partial charge in [-0.1, -0.05) is 59.8 Å². The van der Waals surface area contributed by atoms with Gasteiger partial charge in [-0.15, -0.1) is 21.5 Å². The Kier molecular flexibility index (Phi) is 6.47. The van der Waals surface area contributed by atoms with E-state index < -0.39 is 0 Å². The van der Waals surface area contributed by atoms with E-state index in [1.165, 1.54) is 11.8 Å². The van der Waals surface area contributed by atoms with Crippen molar-refractivity contribution in [3.8, 4) is 16.3 Å². The number of aryl methyl sites for hydroxylation is 1. The highest BCUT2D eigenvalue weighted by Gasteiger charge is 2.12. The number of carbonyl (C=O) groups is 1. The predicted octanol–water partition coefficient (Wildman–Crippen LogP) is 4.76. The number of thiazole rings is 1. The molecule has 152 valence electrons. The van der Waals surface area contributed by atoms with E-state index >= 15 is 0 Å². The third-order valence-corrected chi connectivity index (χ3v) is 6.61. The largest absolute Gasteiger partial charge is 0.350 e. The first-order chi connectivity index (χ1) is 14.6. The van der Waals surface area contributed by atoms with Crippen LogP contribution < -0.4 is 5.32 Å². The van der Waals surface area contributed by atoms with Crippen LogP contribution in [-0.4, -0.2) is 31.4 Å². The Morgan fingerprint density at radius 1 is 1.23 bits per heavy atom. The number of nitrogens with one attached hydrogen (secondary N) is 1. The van der Waals surface area contributed by atoms with Crippen molar-refractivity contribution in [3.63, 3.8) is 0 Å². The molecule has 0 fully saturated rings. The van der Waals surface area contributed by atoms with Gasteiger partial charge in [-0.25, -0.2) is 4.98 Å². The van der Waals surface area contributed by atoms with Crippen LogP contribution in [0.1, 0.15) is 11.3 Å². The minimum absolute atomic E-state index is 0.0919. The molecule has 0 unspecified atom stereocenters. The number of carbonyl (C=O) groups excluding carboxylic acids is 1. The molecule has 2 aromatic carbocycles. The van der Waals surface area contributed by atoms with Gasteiger partial charge >= 0.3 is 0 Å². The van der Waals surface area contributed by atoms with Crippen molar-refractivity contribution in [2.75, 3.05) is 5.75 Å². The van der Waals surface area contributed by atoms with Gasteiger partial charge in [-0.05, 0) is 24.6 Å². The molecule has 0 saturated heterocycles. The second-order valence-corrected chi connectivity index (χ2v) is 8.70. The Morgan fingerprint density at radius 2 is 2.07 bits per heavy atom. The zero-order chi connectivity index (χ0) is 20.9. The van der Waals surface area contributed by atoms with Crippen molar-refractivity contribution < 1.29 is 4.79 Å². The first kappa shape index (κ1) is 20.6. The van der Waals surface area contributed by atoms with E-state index in [0.29, 0.717) is 16.7 Å². The van der Waals surface area contributed by atoms with Crippen molar-refractivity contribution in [2.24, 2.45) is 0 Å². The summed E-state index contributed by atoms with van der Waals surface area (Å²) >= 11 is 9.11. The predicted molar refractivity (Wildman–Crippen MR) is 121 cm³/mol. The lowest BCUT2D eigenvalue weighted by atomic mass is 10.2. The molecule has 0 aliphatic carbocycles. The number of amides is 1. The lowest BCUT2D eigenvalue weighted by Crippen LogP contribution is -2.24. The SMILES string of the molecule is Cc1ccc(-n2cnnc2SCC(=O)NCc2csc(-c3ccccc3)n2)cc1Cl. The number of hydrogen-bond acceptors (Lipinski definition) is 6. The summed E-state index contributed by atoms with van der Waals surface area (Å²) in [4.78, 5) is 16.9. The molecule has 0 aliphatic heterocycles. The van der Waals surface area contributed by atoms with Gasteiger partial charge in [0.2, 0.25) is 5.91 Å². The van der Waals surface area contributed by atoms with E-state index in [1.807, 2.05) is 65.4 Å². The smallest absolute Gasteiger partial charge is 0.230 e. The van der Waals surface area contributed by atoms with Crippen LogP contribution in [0.2, 0.25) is 5.02 Å². The molecule has 6 nitrogen and oxygen atoms in total. The quantitative estimate of drug-likeness (QED) is 0.407. The van der Waals surface area contributed by atoms with Crippen LogP contribution in [0.4, 0.5) is 0 Å². The Hall–Kier alpha value is -2.68. The van der Waals surface area contributed by atoms with Gasteiger partial charge in [0.25, 0.3) is 0 Å². The van der Waals surface area contributed by atoms with Gasteiger partial charge in [0.05, 0.1) is 23.7 Å². The molecule has 0 atom stereocenters. The maximum absolute atomic E-state index is 12.3. The van der Waals surface area contributed by atoms with Gasteiger partial charge in [-0.2, -0.15) is 0 Å². The standard InChI is InChI=1S/C21H18ClN5OS2/c1-14-7-8-17(9-18(14)22)27-13-24-26-21(27)30-12-19(28)23-10-16-11-29-20(25-16)15-5-3-2-4-6-15/h2-9,11,13H,10,12H2,1H3,(H,23,28).